The van der Waals surface area contributed by atoms with Crippen LogP contribution in [0.3, 0.4) is 0 Å². The summed E-state index contributed by atoms with van der Waals surface area (Å²) in [6, 6.07) is 1.01. The Hall–Kier alpha value is -1.50. The number of ether oxygens (including phenoxy) is 1. The van der Waals surface area contributed by atoms with E-state index in [4.69, 9.17) is 10.5 Å². The largest absolute Gasteiger partial charge is 0.433 e. The molecule has 0 bridgehead atoms. The van der Waals surface area contributed by atoms with Crippen molar-refractivity contribution < 1.29 is 17.9 Å². The predicted octanol–water partition coefficient (Wildman–Crippen LogP) is 2.54. The minimum absolute atomic E-state index is 0.00866. The number of nitrogens with two attached hydrogens (primary N) is 1. The lowest BCUT2D eigenvalue weighted by atomic mass is 9.95. The van der Waals surface area contributed by atoms with Gasteiger partial charge < -0.3 is 15.4 Å². The SMILES string of the molecule is COC1CN(c2cc(C(F)(F)F)ncc2N)CCC1C. The lowest BCUT2D eigenvalue weighted by Gasteiger charge is -2.38. The molecule has 1 aromatic rings. The van der Waals surface area contributed by atoms with Crippen molar-refractivity contribution in [3.8, 4) is 0 Å². The summed E-state index contributed by atoms with van der Waals surface area (Å²) in [6.45, 7) is 3.26. The van der Waals surface area contributed by atoms with Gasteiger partial charge in [-0.2, -0.15) is 13.2 Å². The normalized spacial score (nSPS) is 23.9. The fraction of sp³-hybridized carbons (Fsp3) is 0.615. The van der Waals surface area contributed by atoms with Gasteiger partial charge in [0.15, 0.2) is 0 Å². The smallest absolute Gasteiger partial charge is 0.396 e. The van der Waals surface area contributed by atoms with Gasteiger partial charge in [-0.3, -0.25) is 0 Å². The Morgan fingerprint density at radius 1 is 1.45 bits per heavy atom. The highest BCUT2D eigenvalue weighted by molar-refractivity contribution is 5.67. The van der Waals surface area contributed by atoms with Crippen molar-refractivity contribution in [2.24, 2.45) is 5.92 Å². The Morgan fingerprint density at radius 2 is 2.15 bits per heavy atom. The second-order valence-corrected chi connectivity index (χ2v) is 5.11. The summed E-state index contributed by atoms with van der Waals surface area (Å²) >= 11 is 0. The van der Waals surface area contributed by atoms with E-state index in [2.05, 4.69) is 11.9 Å². The van der Waals surface area contributed by atoms with Gasteiger partial charge in [-0.1, -0.05) is 6.92 Å². The molecule has 2 rings (SSSR count). The Morgan fingerprint density at radius 3 is 2.75 bits per heavy atom. The summed E-state index contributed by atoms with van der Waals surface area (Å²) in [4.78, 5) is 5.19. The zero-order valence-electron chi connectivity index (χ0n) is 11.4. The minimum Gasteiger partial charge on any atom is -0.396 e. The quantitative estimate of drug-likeness (QED) is 0.909. The molecule has 0 spiro atoms. The predicted molar refractivity (Wildman–Crippen MR) is 70.4 cm³/mol. The average Bonchev–Trinajstić information content (AvgIpc) is 2.39. The first-order chi connectivity index (χ1) is 9.32. The molecule has 112 valence electrons. The topological polar surface area (TPSA) is 51.4 Å². The Balaban J connectivity index is 2.28. The number of hydrogen-bond donors (Lipinski definition) is 1. The molecule has 1 saturated heterocycles. The second kappa shape index (κ2) is 5.47. The third kappa shape index (κ3) is 2.98. The summed E-state index contributed by atoms with van der Waals surface area (Å²) in [6.07, 6.45) is -2.56. The molecule has 2 unspecified atom stereocenters. The lowest BCUT2D eigenvalue weighted by molar-refractivity contribution is -0.141. The second-order valence-electron chi connectivity index (χ2n) is 5.11. The van der Waals surface area contributed by atoms with Gasteiger partial charge in [-0.05, 0) is 18.4 Å². The van der Waals surface area contributed by atoms with E-state index in [-0.39, 0.29) is 11.8 Å². The van der Waals surface area contributed by atoms with Crippen molar-refractivity contribution in [1.29, 1.82) is 0 Å². The molecule has 0 aromatic carbocycles. The van der Waals surface area contributed by atoms with E-state index in [1.165, 1.54) is 0 Å². The van der Waals surface area contributed by atoms with Crippen LogP contribution in [0.25, 0.3) is 0 Å². The molecule has 1 aromatic heterocycles. The minimum atomic E-state index is -4.47. The Labute approximate surface area is 115 Å². The van der Waals surface area contributed by atoms with Crippen LogP contribution >= 0.6 is 0 Å². The molecule has 1 fully saturated rings. The summed E-state index contributed by atoms with van der Waals surface area (Å²) in [5.41, 5.74) is 5.48. The monoisotopic (exact) mass is 289 g/mol. The van der Waals surface area contributed by atoms with Gasteiger partial charge in [0.05, 0.1) is 23.7 Å². The van der Waals surface area contributed by atoms with Crippen molar-refractivity contribution in [3.63, 3.8) is 0 Å². The van der Waals surface area contributed by atoms with E-state index < -0.39 is 11.9 Å². The lowest BCUT2D eigenvalue weighted by Crippen LogP contribution is -2.44. The van der Waals surface area contributed by atoms with Crippen molar-refractivity contribution >= 4 is 11.4 Å². The van der Waals surface area contributed by atoms with Crippen LogP contribution in [-0.4, -0.2) is 31.3 Å². The Bertz CT molecular complexity index is 478. The van der Waals surface area contributed by atoms with Gasteiger partial charge in [0.2, 0.25) is 0 Å². The number of hydrogen-bond acceptors (Lipinski definition) is 4. The number of nitrogen functional groups attached to an aromatic ring is 1. The molecular formula is C13H18F3N3O. The summed E-state index contributed by atoms with van der Waals surface area (Å²) in [5, 5.41) is 0. The van der Waals surface area contributed by atoms with E-state index in [1.807, 2.05) is 4.90 Å². The number of aromatic nitrogens is 1. The molecular weight excluding hydrogens is 271 g/mol. The zero-order chi connectivity index (χ0) is 14.9. The van der Waals surface area contributed by atoms with Crippen molar-refractivity contribution in [2.45, 2.75) is 25.6 Å². The highest BCUT2D eigenvalue weighted by Crippen LogP contribution is 2.34. The van der Waals surface area contributed by atoms with Gasteiger partial charge in [0, 0.05) is 20.2 Å². The molecule has 0 aliphatic carbocycles. The molecule has 20 heavy (non-hydrogen) atoms. The van der Waals surface area contributed by atoms with Crippen molar-refractivity contribution in [3.05, 3.63) is 18.0 Å². The third-order valence-electron chi connectivity index (χ3n) is 3.74. The number of anilines is 2. The van der Waals surface area contributed by atoms with Crippen LogP contribution in [0.1, 0.15) is 19.0 Å². The number of halogens is 3. The van der Waals surface area contributed by atoms with Gasteiger partial charge >= 0.3 is 6.18 Å². The molecule has 4 nitrogen and oxygen atoms in total. The van der Waals surface area contributed by atoms with Crippen LogP contribution in [0.15, 0.2) is 12.3 Å². The fourth-order valence-corrected chi connectivity index (χ4v) is 2.44. The standard InChI is InChI=1S/C13H18F3N3O/c1-8-3-4-19(7-11(8)20-2)10-5-12(13(14,15)16)18-6-9(10)17/h5-6,8,11H,3-4,7,17H2,1-2H3. The number of alkyl halides is 3. The molecule has 2 heterocycles. The van der Waals surface area contributed by atoms with Gasteiger partial charge in [-0.25, -0.2) is 4.98 Å². The first kappa shape index (κ1) is 14.9. The van der Waals surface area contributed by atoms with E-state index in [0.29, 0.717) is 24.7 Å². The molecule has 2 atom stereocenters. The summed E-state index contributed by atoms with van der Waals surface area (Å²) in [7, 11) is 1.61. The first-order valence-corrected chi connectivity index (χ1v) is 6.43. The van der Waals surface area contributed by atoms with Crippen LogP contribution in [0, 0.1) is 5.92 Å². The molecule has 0 radical (unpaired) electrons. The Kier molecular flexibility index (Phi) is 4.08. The van der Waals surface area contributed by atoms with E-state index in [9.17, 15) is 13.2 Å². The zero-order valence-corrected chi connectivity index (χ0v) is 11.4. The maximum absolute atomic E-state index is 12.7. The van der Waals surface area contributed by atoms with Crippen LogP contribution < -0.4 is 10.6 Å². The average molecular weight is 289 g/mol. The maximum Gasteiger partial charge on any atom is 0.433 e. The van der Waals surface area contributed by atoms with Crippen molar-refractivity contribution in [1.82, 2.24) is 4.98 Å². The van der Waals surface area contributed by atoms with Crippen LogP contribution in [0.4, 0.5) is 24.5 Å². The number of piperidine rings is 1. The molecule has 0 amide bonds. The van der Waals surface area contributed by atoms with Crippen LogP contribution in [0.2, 0.25) is 0 Å². The summed E-state index contributed by atoms with van der Waals surface area (Å²) in [5.74, 6) is 0.376. The number of pyridine rings is 1. The third-order valence-corrected chi connectivity index (χ3v) is 3.74. The molecule has 1 aliphatic rings. The van der Waals surface area contributed by atoms with Gasteiger partial charge in [0.25, 0.3) is 0 Å². The first-order valence-electron chi connectivity index (χ1n) is 6.43. The van der Waals surface area contributed by atoms with Crippen LogP contribution in [-0.2, 0) is 10.9 Å². The van der Waals surface area contributed by atoms with Gasteiger partial charge in [-0.15, -0.1) is 0 Å². The number of methoxy groups -OCH3 is 1. The van der Waals surface area contributed by atoms with Gasteiger partial charge in [0.1, 0.15) is 5.69 Å². The fourth-order valence-electron chi connectivity index (χ4n) is 2.44. The number of rotatable bonds is 2. The molecule has 1 aliphatic heterocycles. The van der Waals surface area contributed by atoms with E-state index in [0.717, 1.165) is 18.7 Å². The van der Waals surface area contributed by atoms with E-state index >= 15 is 0 Å². The molecule has 2 N–H and O–H groups in total. The highest BCUT2D eigenvalue weighted by Gasteiger charge is 2.34. The summed E-state index contributed by atoms with van der Waals surface area (Å²) < 4.78 is 43.5. The molecule has 0 saturated carbocycles. The number of nitrogens with zero attached hydrogens (tertiary/aromatic N) is 2. The van der Waals surface area contributed by atoms with Crippen molar-refractivity contribution in [2.75, 3.05) is 30.8 Å². The van der Waals surface area contributed by atoms with Crippen LogP contribution in [0.5, 0.6) is 0 Å². The van der Waals surface area contributed by atoms with E-state index in [1.54, 1.807) is 7.11 Å². The highest BCUT2D eigenvalue weighted by atomic mass is 19.4. The molecule has 7 heteroatoms. The maximum atomic E-state index is 12.7.